The molecule has 1 aromatic carbocycles. The van der Waals surface area contributed by atoms with E-state index in [-0.39, 0.29) is 24.7 Å². The molecule has 0 radical (unpaired) electrons. The van der Waals surface area contributed by atoms with Crippen molar-refractivity contribution >= 4 is 11.6 Å². The van der Waals surface area contributed by atoms with Crippen molar-refractivity contribution in [2.45, 2.75) is 26.7 Å². The molecule has 0 unspecified atom stereocenters. The number of nitrogens with zero attached hydrogens (tertiary/aromatic N) is 2. The summed E-state index contributed by atoms with van der Waals surface area (Å²) in [5, 5.41) is 19.7. The van der Waals surface area contributed by atoms with Crippen molar-refractivity contribution in [3.63, 3.8) is 0 Å². The Morgan fingerprint density at radius 1 is 1.40 bits per heavy atom. The van der Waals surface area contributed by atoms with Crippen LogP contribution in [0.1, 0.15) is 35.7 Å². The number of hydrogen-bond donors (Lipinski definition) is 1. The second-order valence-corrected chi connectivity index (χ2v) is 4.63. The van der Waals surface area contributed by atoms with Gasteiger partial charge in [-0.3, -0.25) is 14.9 Å². The number of nitro groups is 1. The number of non-ortho nitro benzene ring substituents is 1. The largest absolute Gasteiger partial charge is 0.395 e. The Labute approximate surface area is 118 Å². The molecule has 0 aliphatic heterocycles. The molecule has 0 bridgehead atoms. The number of carbonyl (C=O) groups excluding carboxylic acids is 1. The highest BCUT2D eigenvalue weighted by Crippen LogP contribution is 2.18. The number of carbonyl (C=O) groups is 1. The molecule has 0 aromatic heterocycles. The molecule has 0 saturated heterocycles. The molecule has 0 heterocycles. The van der Waals surface area contributed by atoms with Gasteiger partial charge in [0.15, 0.2) is 0 Å². The summed E-state index contributed by atoms with van der Waals surface area (Å²) < 4.78 is 0. The lowest BCUT2D eigenvalue weighted by molar-refractivity contribution is -0.384. The van der Waals surface area contributed by atoms with Crippen molar-refractivity contribution in [2.24, 2.45) is 0 Å². The summed E-state index contributed by atoms with van der Waals surface area (Å²) in [5.41, 5.74) is 0.991. The van der Waals surface area contributed by atoms with Gasteiger partial charge in [-0.1, -0.05) is 13.3 Å². The summed E-state index contributed by atoms with van der Waals surface area (Å²) >= 11 is 0. The molecule has 6 heteroatoms. The number of aryl methyl sites for hydroxylation is 1. The highest BCUT2D eigenvalue weighted by Gasteiger charge is 2.18. The van der Waals surface area contributed by atoms with Gasteiger partial charge in [0.2, 0.25) is 0 Å². The minimum atomic E-state index is -0.482. The van der Waals surface area contributed by atoms with Gasteiger partial charge >= 0.3 is 0 Å². The highest BCUT2D eigenvalue weighted by molar-refractivity contribution is 5.96. The lowest BCUT2D eigenvalue weighted by atomic mass is 10.1. The Kier molecular flexibility index (Phi) is 6.11. The van der Waals surface area contributed by atoms with Gasteiger partial charge in [-0.05, 0) is 25.0 Å². The zero-order valence-electron chi connectivity index (χ0n) is 11.8. The van der Waals surface area contributed by atoms with Crippen LogP contribution in [0.3, 0.4) is 0 Å². The average Bonchev–Trinajstić information content (AvgIpc) is 2.42. The van der Waals surface area contributed by atoms with Crippen molar-refractivity contribution in [3.8, 4) is 0 Å². The Bertz CT molecular complexity index is 488. The normalized spacial score (nSPS) is 10.3. The zero-order valence-corrected chi connectivity index (χ0v) is 11.8. The Hall–Kier alpha value is -1.95. The van der Waals surface area contributed by atoms with Crippen LogP contribution in [0.2, 0.25) is 0 Å². The van der Waals surface area contributed by atoms with Gasteiger partial charge in [0.25, 0.3) is 11.6 Å². The molecule has 1 N–H and O–H groups in total. The fourth-order valence-electron chi connectivity index (χ4n) is 1.96. The van der Waals surface area contributed by atoms with Crippen molar-refractivity contribution < 1.29 is 14.8 Å². The van der Waals surface area contributed by atoms with Gasteiger partial charge < -0.3 is 10.0 Å². The Morgan fingerprint density at radius 2 is 2.10 bits per heavy atom. The van der Waals surface area contributed by atoms with E-state index in [1.807, 2.05) is 6.92 Å². The van der Waals surface area contributed by atoms with Crippen LogP contribution in [0.4, 0.5) is 5.69 Å². The number of nitro benzene ring substituents is 1. The van der Waals surface area contributed by atoms with E-state index >= 15 is 0 Å². The Balaban J connectivity index is 2.96. The molecule has 0 atom stereocenters. The second-order valence-electron chi connectivity index (χ2n) is 4.63. The Morgan fingerprint density at radius 3 is 2.60 bits per heavy atom. The first-order valence-corrected chi connectivity index (χ1v) is 6.66. The molecule has 0 aliphatic rings. The summed E-state index contributed by atoms with van der Waals surface area (Å²) in [6, 6.07) is 4.20. The monoisotopic (exact) mass is 280 g/mol. The van der Waals surface area contributed by atoms with Gasteiger partial charge in [0, 0.05) is 30.8 Å². The number of rotatable bonds is 7. The van der Waals surface area contributed by atoms with Crippen LogP contribution in [0.15, 0.2) is 18.2 Å². The number of hydrogen-bond acceptors (Lipinski definition) is 4. The van der Waals surface area contributed by atoms with Crippen LogP contribution in [0.25, 0.3) is 0 Å². The standard InChI is InChI=1S/C14H20N2O4/c1-3-4-7-15(8-9-17)14(18)13-6-5-12(16(19)20)10-11(13)2/h5-6,10,17H,3-4,7-9H2,1-2H3. The predicted molar refractivity (Wildman–Crippen MR) is 75.7 cm³/mol. The minimum absolute atomic E-state index is 0.0266. The summed E-state index contributed by atoms with van der Waals surface area (Å²) in [6.45, 7) is 4.46. The lowest BCUT2D eigenvalue weighted by Crippen LogP contribution is -2.34. The van der Waals surface area contributed by atoms with E-state index in [9.17, 15) is 14.9 Å². The molecule has 0 aliphatic carbocycles. The van der Waals surface area contributed by atoms with Crippen LogP contribution < -0.4 is 0 Å². The van der Waals surface area contributed by atoms with Crippen LogP contribution in [0, 0.1) is 17.0 Å². The van der Waals surface area contributed by atoms with Gasteiger partial charge in [-0.15, -0.1) is 0 Å². The molecule has 110 valence electrons. The van der Waals surface area contributed by atoms with Crippen molar-refractivity contribution in [1.82, 2.24) is 4.90 Å². The number of aliphatic hydroxyl groups excluding tert-OH is 1. The minimum Gasteiger partial charge on any atom is -0.395 e. The lowest BCUT2D eigenvalue weighted by Gasteiger charge is -2.22. The maximum Gasteiger partial charge on any atom is 0.269 e. The smallest absolute Gasteiger partial charge is 0.269 e. The van der Waals surface area contributed by atoms with E-state index in [0.717, 1.165) is 12.8 Å². The van der Waals surface area contributed by atoms with E-state index < -0.39 is 4.92 Å². The molecule has 0 fully saturated rings. The van der Waals surface area contributed by atoms with Crippen LogP contribution >= 0.6 is 0 Å². The average molecular weight is 280 g/mol. The van der Waals surface area contributed by atoms with Gasteiger partial charge in [-0.2, -0.15) is 0 Å². The first-order valence-electron chi connectivity index (χ1n) is 6.66. The maximum atomic E-state index is 12.4. The quantitative estimate of drug-likeness (QED) is 0.612. The molecule has 1 aromatic rings. The highest BCUT2D eigenvalue weighted by atomic mass is 16.6. The molecule has 0 spiro atoms. The zero-order chi connectivity index (χ0) is 15.1. The molecule has 1 amide bonds. The summed E-state index contributed by atoms with van der Waals surface area (Å²) in [4.78, 5) is 24.2. The summed E-state index contributed by atoms with van der Waals surface area (Å²) in [6.07, 6.45) is 1.81. The van der Waals surface area contributed by atoms with Crippen molar-refractivity contribution in [3.05, 3.63) is 39.4 Å². The van der Waals surface area contributed by atoms with E-state index in [2.05, 4.69) is 0 Å². The number of aliphatic hydroxyl groups is 1. The SMILES string of the molecule is CCCCN(CCO)C(=O)c1ccc([N+](=O)[O-])cc1C. The van der Waals surface area contributed by atoms with Gasteiger partial charge in [-0.25, -0.2) is 0 Å². The summed E-state index contributed by atoms with van der Waals surface area (Å²) in [5.74, 6) is -0.195. The van der Waals surface area contributed by atoms with Crippen LogP contribution in [-0.2, 0) is 0 Å². The van der Waals surface area contributed by atoms with Crippen LogP contribution in [0.5, 0.6) is 0 Å². The fraction of sp³-hybridized carbons (Fsp3) is 0.500. The van der Waals surface area contributed by atoms with E-state index in [1.54, 1.807) is 11.8 Å². The van der Waals surface area contributed by atoms with E-state index in [1.165, 1.54) is 18.2 Å². The first-order chi connectivity index (χ1) is 9.51. The fourth-order valence-corrected chi connectivity index (χ4v) is 1.96. The number of amides is 1. The number of benzene rings is 1. The third-order valence-corrected chi connectivity index (χ3v) is 3.09. The van der Waals surface area contributed by atoms with Gasteiger partial charge in [0.1, 0.15) is 0 Å². The van der Waals surface area contributed by atoms with Crippen molar-refractivity contribution in [2.75, 3.05) is 19.7 Å². The predicted octanol–water partition coefficient (Wildman–Crippen LogP) is 2.14. The van der Waals surface area contributed by atoms with E-state index in [4.69, 9.17) is 5.11 Å². The molecular formula is C14H20N2O4. The molecular weight excluding hydrogens is 260 g/mol. The van der Waals surface area contributed by atoms with Crippen molar-refractivity contribution in [1.29, 1.82) is 0 Å². The molecule has 1 rings (SSSR count). The number of unbranched alkanes of at least 4 members (excludes halogenated alkanes) is 1. The van der Waals surface area contributed by atoms with Gasteiger partial charge in [0.05, 0.1) is 11.5 Å². The third kappa shape index (κ3) is 4.03. The van der Waals surface area contributed by atoms with Crippen LogP contribution in [-0.4, -0.2) is 40.5 Å². The maximum absolute atomic E-state index is 12.4. The third-order valence-electron chi connectivity index (χ3n) is 3.09. The topological polar surface area (TPSA) is 83.7 Å². The second kappa shape index (κ2) is 7.59. The molecule has 0 saturated carbocycles. The first kappa shape index (κ1) is 16.1. The summed E-state index contributed by atoms with van der Waals surface area (Å²) in [7, 11) is 0. The molecule has 6 nitrogen and oxygen atoms in total. The molecule has 20 heavy (non-hydrogen) atoms. The van der Waals surface area contributed by atoms with E-state index in [0.29, 0.717) is 17.7 Å².